The maximum Gasteiger partial charge on any atom is 0.295 e. The van der Waals surface area contributed by atoms with Gasteiger partial charge < -0.3 is 9.75 Å². The van der Waals surface area contributed by atoms with Gasteiger partial charge in [-0.15, -0.1) is 0 Å². The van der Waals surface area contributed by atoms with Crippen molar-refractivity contribution in [2.24, 2.45) is 5.84 Å². The molecule has 3 N–H and O–H groups in total. The Morgan fingerprint density at radius 1 is 1.00 bits per heavy atom. The van der Waals surface area contributed by atoms with Gasteiger partial charge in [-0.25, -0.2) is 5.84 Å². The number of anilines is 1. The Labute approximate surface area is 162 Å². The number of hydrogen-bond donors (Lipinski definition) is 2. The van der Waals surface area contributed by atoms with Gasteiger partial charge in [-0.05, 0) is 29.5 Å². The molecule has 7 heteroatoms. The zero-order valence-corrected chi connectivity index (χ0v) is 15.9. The second-order valence-corrected chi connectivity index (χ2v) is 7.96. The van der Waals surface area contributed by atoms with Gasteiger partial charge in [-0.1, -0.05) is 36.9 Å². The lowest BCUT2D eigenvalue weighted by atomic mass is 9.92. The molecular weight excluding hydrogens is 376 g/mol. The molecule has 0 radical (unpaired) electrons. The minimum absolute atomic E-state index is 0.164. The molecule has 3 aromatic rings. The van der Waals surface area contributed by atoms with Gasteiger partial charge in [0.2, 0.25) is 0 Å². The Balaban J connectivity index is 2.13. The second-order valence-electron chi connectivity index (χ2n) is 6.57. The van der Waals surface area contributed by atoms with E-state index in [2.05, 4.69) is 6.58 Å². The molecule has 4 rings (SSSR count). The maximum atomic E-state index is 12.0. The number of rotatable bonds is 3. The fourth-order valence-electron chi connectivity index (χ4n) is 3.33. The van der Waals surface area contributed by atoms with Crippen molar-refractivity contribution >= 4 is 28.0 Å². The van der Waals surface area contributed by atoms with E-state index in [1.165, 1.54) is 11.1 Å². The van der Waals surface area contributed by atoms with Crippen LogP contribution in [0, 0.1) is 0 Å². The highest BCUT2D eigenvalue weighted by Gasteiger charge is 2.25. The van der Waals surface area contributed by atoms with Gasteiger partial charge in [0.15, 0.2) is 0 Å². The summed E-state index contributed by atoms with van der Waals surface area (Å²) < 4.78 is 39.8. The van der Waals surface area contributed by atoms with Crippen molar-refractivity contribution in [1.29, 1.82) is 0 Å². The van der Waals surface area contributed by atoms with Crippen LogP contribution in [0.25, 0.3) is 12.2 Å². The lowest BCUT2D eigenvalue weighted by molar-refractivity contribution is 0.471. The van der Waals surface area contributed by atoms with E-state index in [0.717, 1.165) is 10.9 Å². The average Bonchev–Trinajstić information content (AvgIpc) is 2.64. The zero-order valence-electron chi connectivity index (χ0n) is 15.1. The first-order valence-electron chi connectivity index (χ1n) is 8.46. The zero-order chi connectivity index (χ0) is 20.1. The fourth-order valence-corrected chi connectivity index (χ4v) is 4.03. The molecule has 0 aromatic heterocycles. The van der Waals surface area contributed by atoms with E-state index in [1.807, 2.05) is 24.3 Å². The minimum atomic E-state index is -4.42. The van der Waals surface area contributed by atoms with Gasteiger partial charge in [0.25, 0.3) is 10.1 Å². The van der Waals surface area contributed by atoms with Crippen LogP contribution in [0.4, 0.5) is 5.69 Å². The van der Waals surface area contributed by atoms with E-state index < -0.39 is 10.1 Å². The summed E-state index contributed by atoms with van der Waals surface area (Å²) in [4.78, 5) is -0.164. The normalized spacial score (nSPS) is 12.8. The lowest BCUT2D eigenvalue weighted by Crippen LogP contribution is -2.25. The Morgan fingerprint density at radius 2 is 1.75 bits per heavy atom. The van der Waals surface area contributed by atoms with Crippen LogP contribution < -0.4 is 26.0 Å². The van der Waals surface area contributed by atoms with Crippen LogP contribution in [0.15, 0.2) is 65.6 Å². The van der Waals surface area contributed by atoms with Gasteiger partial charge in [0.05, 0.1) is 5.69 Å². The molecule has 0 spiro atoms. The molecule has 0 aliphatic carbocycles. The topological polar surface area (TPSA) is 92.9 Å². The van der Waals surface area contributed by atoms with Gasteiger partial charge in [-0.2, -0.15) is 8.42 Å². The van der Waals surface area contributed by atoms with Gasteiger partial charge >= 0.3 is 0 Å². The van der Waals surface area contributed by atoms with Crippen molar-refractivity contribution in [3.05, 3.63) is 82.2 Å². The Bertz CT molecular complexity index is 1310. The molecule has 3 aromatic carbocycles. The van der Waals surface area contributed by atoms with Crippen molar-refractivity contribution in [3.63, 3.8) is 0 Å². The predicted octanol–water partition coefficient (Wildman–Crippen LogP) is 2.01. The standard InChI is InChI=1S/C21H18N2O4S/c1-13-7-9-15-18(11-13)27-19-12-14(23(2)22)8-10-16(19)21(15)17-5-3-4-6-20(17)28(24,25)26/h3-12H,1,22H2,2H3,(H,24,25,26). The molecule has 28 heavy (non-hydrogen) atoms. The lowest BCUT2D eigenvalue weighted by Gasteiger charge is -2.24. The highest BCUT2D eigenvalue weighted by atomic mass is 32.2. The molecule has 0 saturated carbocycles. The van der Waals surface area contributed by atoms with Crippen molar-refractivity contribution in [2.45, 2.75) is 4.90 Å². The van der Waals surface area contributed by atoms with Crippen molar-refractivity contribution in [2.75, 3.05) is 12.1 Å². The van der Waals surface area contributed by atoms with Crippen LogP contribution in [-0.4, -0.2) is 20.0 Å². The number of benzene rings is 3. The second kappa shape index (κ2) is 6.49. The smallest absolute Gasteiger partial charge is 0.295 e. The highest BCUT2D eigenvalue weighted by molar-refractivity contribution is 7.86. The third-order valence-corrected chi connectivity index (χ3v) is 5.52. The molecule has 1 aliphatic rings. The summed E-state index contributed by atoms with van der Waals surface area (Å²) in [5, 5.41) is 2.93. The summed E-state index contributed by atoms with van der Waals surface area (Å²) in [5.74, 6) is 6.93. The van der Waals surface area contributed by atoms with Crippen molar-refractivity contribution in [1.82, 2.24) is 0 Å². The molecule has 0 fully saturated rings. The third kappa shape index (κ3) is 3.05. The number of hydrogen-bond acceptors (Lipinski definition) is 5. The number of fused-ring (bicyclic) bond motifs is 2. The van der Waals surface area contributed by atoms with E-state index in [1.54, 1.807) is 37.4 Å². The quantitative estimate of drug-likeness (QED) is 0.314. The molecule has 1 aliphatic heterocycles. The molecule has 0 atom stereocenters. The third-order valence-electron chi connectivity index (χ3n) is 4.61. The van der Waals surface area contributed by atoms with Crippen LogP contribution >= 0.6 is 0 Å². The molecule has 142 valence electrons. The van der Waals surface area contributed by atoms with Crippen LogP contribution in [0.2, 0.25) is 0 Å². The largest absolute Gasteiger partial charge is 0.456 e. The summed E-state index contributed by atoms with van der Waals surface area (Å²) in [6.07, 6.45) is 0. The van der Waals surface area contributed by atoms with Crippen LogP contribution in [0.3, 0.4) is 0 Å². The predicted molar refractivity (Wildman–Crippen MR) is 108 cm³/mol. The van der Waals surface area contributed by atoms with Gasteiger partial charge in [0, 0.05) is 35.0 Å². The molecule has 6 nitrogen and oxygen atoms in total. The Hall–Kier alpha value is -3.13. The van der Waals surface area contributed by atoms with Gasteiger partial charge in [-0.3, -0.25) is 4.55 Å². The number of hydrazine groups is 1. The monoisotopic (exact) mass is 394 g/mol. The first kappa shape index (κ1) is 18.2. The number of nitrogens with two attached hydrogens (primary N) is 1. The fraction of sp³-hybridized carbons (Fsp3) is 0.0476. The van der Waals surface area contributed by atoms with E-state index in [0.29, 0.717) is 33.4 Å². The summed E-state index contributed by atoms with van der Waals surface area (Å²) in [6, 6.07) is 17.2. The summed E-state index contributed by atoms with van der Waals surface area (Å²) in [5.41, 5.74) is 2.47. The van der Waals surface area contributed by atoms with E-state index in [4.69, 9.17) is 10.6 Å². The summed E-state index contributed by atoms with van der Waals surface area (Å²) >= 11 is 0. The first-order valence-corrected chi connectivity index (χ1v) is 9.90. The number of ether oxygens (including phenoxy) is 1. The van der Waals surface area contributed by atoms with Crippen LogP contribution in [-0.2, 0) is 10.1 Å². The van der Waals surface area contributed by atoms with Gasteiger partial charge in [0.1, 0.15) is 16.4 Å². The highest BCUT2D eigenvalue weighted by Crippen LogP contribution is 2.39. The first-order chi connectivity index (χ1) is 13.3. The van der Waals surface area contributed by atoms with E-state index in [9.17, 15) is 13.0 Å². The van der Waals surface area contributed by atoms with Crippen molar-refractivity contribution in [3.8, 4) is 11.5 Å². The Morgan fingerprint density at radius 3 is 2.46 bits per heavy atom. The summed E-state index contributed by atoms with van der Waals surface area (Å²) in [7, 11) is -2.71. The molecule has 0 unspecified atom stereocenters. The van der Waals surface area contributed by atoms with E-state index >= 15 is 0 Å². The minimum Gasteiger partial charge on any atom is -0.456 e. The van der Waals surface area contributed by atoms with Crippen molar-refractivity contribution < 1.29 is 17.7 Å². The molecular formula is C21H18N2O4S. The molecule has 1 heterocycles. The van der Waals surface area contributed by atoms with E-state index in [-0.39, 0.29) is 4.90 Å². The SMILES string of the molecule is C=c1ccc2c(c1)Oc1cc(N(C)N)ccc1C=2c1ccccc1S(=O)(=O)O. The number of nitrogens with zero attached hydrogens (tertiary/aromatic N) is 1. The molecule has 0 bridgehead atoms. The molecule has 0 amide bonds. The average molecular weight is 394 g/mol. The van der Waals surface area contributed by atoms with Crippen LogP contribution in [0.1, 0.15) is 11.1 Å². The summed E-state index contributed by atoms with van der Waals surface area (Å²) in [6.45, 7) is 3.93. The van der Waals surface area contributed by atoms with Crippen LogP contribution in [0.5, 0.6) is 11.5 Å². The maximum absolute atomic E-state index is 12.0. The molecule has 0 saturated heterocycles. The Kier molecular flexibility index (Phi) is 4.23.